The molecule has 1 aliphatic heterocycles. The van der Waals surface area contributed by atoms with E-state index < -0.39 is 0 Å². The predicted octanol–water partition coefficient (Wildman–Crippen LogP) is 5.29. The number of unbranched alkanes of at least 4 members (excludes halogenated alkanes) is 2. The summed E-state index contributed by atoms with van der Waals surface area (Å²) in [6.45, 7) is 14.6. The van der Waals surface area contributed by atoms with E-state index in [0.717, 1.165) is 61.1 Å². The van der Waals surface area contributed by atoms with E-state index in [1.165, 1.54) is 44.9 Å². The number of rotatable bonds is 15. The molecule has 0 aromatic carbocycles. The molecule has 2 amide bonds. The lowest BCUT2D eigenvalue weighted by Gasteiger charge is -2.26. The second-order valence-electron chi connectivity index (χ2n) is 10.2. The molecule has 2 N–H and O–H groups in total. The first-order valence-electron chi connectivity index (χ1n) is 13.9. The quantitative estimate of drug-likeness (QED) is 0.181. The normalized spacial score (nSPS) is 20.4. The Bertz CT molecular complexity index is 800. The van der Waals surface area contributed by atoms with Gasteiger partial charge < -0.3 is 15.5 Å². The van der Waals surface area contributed by atoms with Crippen molar-refractivity contribution in [2.24, 2.45) is 15.9 Å². The number of urea groups is 1. The summed E-state index contributed by atoms with van der Waals surface area (Å²) in [6.07, 6.45) is 13.8. The lowest BCUT2D eigenvalue weighted by Crippen LogP contribution is -2.44. The molecule has 8 nitrogen and oxygen atoms in total. The van der Waals surface area contributed by atoms with Gasteiger partial charge in [-0.25, -0.2) is 9.79 Å². The Hall–Kier alpha value is -2.19. The van der Waals surface area contributed by atoms with Crippen LogP contribution in [0, 0.1) is 5.92 Å². The van der Waals surface area contributed by atoms with E-state index in [0.29, 0.717) is 6.61 Å². The van der Waals surface area contributed by atoms with Crippen LogP contribution in [0.2, 0.25) is 0 Å². The van der Waals surface area contributed by atoms with E-state index >= 15 is 0 Å². The number of aliphatic imine (C=N–C) groups is 2. The van der Waals surface area contributed by atoms with Gasteiger partial charge in [0.05, 0.1) is 24.7 Å². The van der Waals surface area contributed by atoms with E-state index in [9.17, 15) is 4.79 Å². The zero-order chi connectivity index (χ0) is 26.3. The van der Waals surface area contributed by atoms with E-state index in [2.05, 4.69) is 39.4 Å². The van der Waals surface area contributed by atoms with Crippen molar-refractivity contribution in [1.29, 1.82) is 0 Å². The van der Waals surface area contributed by atoms with Gasteiger partial charge >= 0.3 is 6.03 Å². The zero-order valence-corrected chi connectivity index (χ0v) is 23.6. The van der Waals surface area contributed by atoms with Crippen molar-refractivity contribution < 1.29 is 9.63 Å². The van der Waals surface area contributed by atoms with Crippen LogP contribution < -0.4 is 10.6 Å². The fraction of sp³-hybridized carbons (Fsp3) is 0.750. The number of amides is 2. The van der Waals surface area contributed by atoms with Gasteiger partial charge in [0, 0.05) is 45.1 Å². The van der Waals surface area contributed by atoms with Crippen LogP contribution in [0.25, 0.3) is 0 Å². The largest absolute Gasteiger partial charge is 0.363 e. The van der Waals surface area contributed by atoms with E-state index in [1.54, 1.807) is 7.05 Å². The molecule has 36 heavy (non-hydrogen) atoms. The summed E-state index contributed by atoms with van der Waals surface area (Å²) >= 11 is 0. The van der Waals surface area contributed by atoms with Gasteiger partial charge in [0.15, 0.2) is 0 Å². The molecule has 0 radical (unpaired) electrons. The van der Waals surface area contributed by atoms with Gasteiger partial charge in [0.1, 0.15) is 0 Å². The highest BCUT2D eigenvalue weighted by atomic mass is 16.7. The third kappa shape index (κ3) is 10.4. The predicted molar refractivity (Wildman–Crippen MR) is 150 cm³/mol. The number of hydrogen-bond acceptors (Lipinski definition) is 5. The summed E-state index contributed by atoms with van der Waals surface area (Å²) in [5, 5.41) is 8.02. The molecule has 0 aromatic heterocycles. The average Bonchev–Trinajstić information content (AvgIpc) is 3.25. The Balaban J connectivity index is 1.86. The highest BCUT2D eigenvalue weighted by Crippen LogP contribution is 2.29. The minimum Gasteiger partial charge on any atom is -0.363 e. The Morgan fingerprint density at radius 3 is 2.56 bits per heavy atom. The second-order valence-corrected chi connectivity index (χ2v) is 10.2. The van der Waals surface area contributed by atoms with E-state index in [4.69, 9.17) is 4.84 Å². The average molecular weight is 503 g/mol. The van der Waals surface area contributed by atoms with E-state index in [1.807, 2.05) is 38.4 Å². The van der Waals surface area contributed by atoms with Crippen LogP contribution in [0.15, 0.2) is 33.0 Å². The number of nitrogens with zero attached hydrogens (tertiary/aromatic N) is 4. The zero-order valence-electron chi connectivity index (χ0n) is 23.6. The molecular formula is C28H50N6O2. The Morgan fingerprint density at radius 2 is 1.92 bits per heavy atom. The lowest BCUT2D eigenvalue weighted by molar-refractivity contribution is -0.113. The summed E-state index contributed by atoms with van der Waals surface area (Å²) in [6, 6.07) is -0.211. The van der Waals surface area contributed by atoms with Gasteiger partial charge in [0.2, 0.25) is 0 Å². The summed E-state index contributed by atoms with van der Waals surface area (Å²) in [7, 11) is 1.77. The SMILES string of the molecule is CCCCCN(C=N/C=C(\C)C(=NC)/C(C)=C(\C)NC(=O)N[C@H]1CON(CCC2CCC2)C1)CCC. The number of allylic oxidation sites excluding steroid dienone is 3. The van der Waals surface area contributed by atoms with Gasteiger partial charge in [-0.2, -0.15) is 5.06 Å². The maximum Gasteiger partial charge on any atom is 0.319 e. The summed E-state index contributed by atoms with van der Waals surface area (Å²) < 4.78 is 0. The first-order valence-corrected chi connectivity index (χ1v) is 13.9. The third-order valence-electron chi connectivity index (χ3n) is 7.10. The van der Waals surface area contributed by atoms with Crippen LogP contribution >= 0.6 is 0 Å². The molecule has 1 aliphatic carbocycles. The fourth-order valence-electron chi connectivity index (χ4n) is 4.58. The summed E-state index contributed by atoms with van der Waals surface area (Å²) in [5.74, 6) is 0.860. The molecule has 204 valence electrons. The van der Waals surface area contributed by atoms with Gasteiger partial charge in [-0.05, 0) is 57.1 Å². The number of carbonyl (C=O) groups is 1. The van der Waals surface area contributed by atoms with Crippen molar-refractivity contribution >= 4 is 18.1 Å². The smallest absolute Gasteiger partial charge is 0.319 e. The molecule has 1 saturated carbocycles. The molecular weight excluding hydrogens is 452 g/mol. The molecule has 2 aliphatic rings. The molecule has 2 fully saturated rings. The Labute approximate surface area is 219 Å². The third-order valence-corrected chi connectivity index (χ3v) is 7.10. The first-order chi connectivity index (χ1) is 17.4. The van der Waals surface area contributed by atoms with Crippen molar-refractivity contribution in [2.75, 3.05) is 39.8 Å². The van der Waals surface area contributed by atoms with Crippen molar-refractivity contribution in [3.63, 3.8) is 0 Å². The van der Waals surface area contributed by atoms with Gasteiger partial charge in [-0.1, -0.05) is 46.0 Å². The highest BCUT2D eigenvalue weighted by Gasteiger charge is 2.26. The lowest BCUT2D eigenvalue weighted by atomic mass is 9.83. The summed E-state index contributed by atoms with van der Waals surface area (Å²) in [4.78, 5) is 29.7. The van der Waals surface area contributed by atoms with Crippen molar-refractivity contribution in [2.45, 2.75) is 92.0 Å². The molecule has 0 aromatic rings. The van der Waals surface area contributed by atoms with Crippen molar-refractivity contribution in [3.8, 4) is 0 Å². The van der Waals surface area contributed by atoms with Crippen LogP contribution in [0.4, 0.5) is 4.79 Å². The molecule has 0 spiro atoms. The molecule has 2 rings (SSSR count). The minimum absolute atomic E-state index is 0.00169. The number of hydrogen-bond donors (Lipinski definition) is 2. The van der Waals surface area contributed by atoms with Crippen LogP contribution in [-0.4, -0.2) is 73.9 Å². The van der Waals surface area contributed by atoms with Crippen LogP contribution in [0.5, 0.6) is 0 Å². The minimum atomic E-state index is -0.210. The second kappa shape index (κ2) is 16.5. The maximum atomic E-state index is 12.6. The number of hydroxylamine groups is 2. The van der Waals surface area contributed by atoms with Crippen LogP contribution in [-0.2, 0) is 4.84 Å². The number of carbonyl (C=O) groups excluding carboxylic acids is 1. The highest BCUT2D eigenvalue weighted by molar-refractivity contribution is 6.12. The molecule has 1 heterocycles. The topological polar surface area (TPSA) is 81.6 Å². The molecule has 1 saturated heterocycles. The molecule has 1 atom stereocenters. The molecule has 0 bridgehead atoms. The molecule has 0 unspecified atom stereocenters. The van der Waals surface area contributed by atoms with Gasteiger partial charge in [-0.3, -0.25) is 9.83 Å². The van der Waals surface area contributed by atoms with Crippen molar-refractivity contribution in [1.82, 2.24) is 20.6 Å². The van der Waals surface area contributed by atoms with Gasteiger partial charge in [0.25, 0.3) is 0 Å². The van der Waals surface area contributed by atoms with Crippen LogP contribution in [0.1, 0.15) is 86.0 Å². The molecule has 8 heteroatoms. The fourth-order valence-corrected chi connectivity index (χ4v) is 4.58. The maximum absolute atomic E-state index is 12.6. The van der Waals surface area contributed by atoms with Crippen LogP contribution in [0.3, 0.4) is 0 Å². The Kier molecular flexibility index (Phi) is 13.8. The monoisotopic (exact) mass is 502 g/mol. The standard InChI is InChI=1S/C28H50N6O2/c1-7-9-10-16-33(15-8-2)21-30-18-22(3)27(29-6)23(4)24(5)31-28(35)32-26-19-34(36-20-26)17-14-25-12-11-13-25/h18,21,25-26H,7-17,19-20H2,1-6H3,(H2,31,32,35)/b22-18+,24-23+,29-27?,30-21?/t26-/m1/s1. The Morgan fingerprint density at radius 1 is 1.14 bits per heavy atom. The van der Waals surface area contributed by atoms with Crippen molar-refractivity contribution in [3.05, 3.63) is 23.0 Å². The first kappa shape index (κ1) is 30.0. The number of nitrogens with one attached hydrogen (secondary N) is 2. The van der Waals surface area contributed by atoms with Gasteiger partial charge in [-0.15, -0.1) is 0 Å². The van der Waals surface area contributed by atoms with E-state index in [-0.39, 0.29) is 12.1 Å². The summed E-state index contributed by atoms with van der Waals surface area (Å²) in [5.41, 5.74) is 3.50.